The highest BCUT2D eigenvalue weighted by Crippen LogP contribution is 2.21. The molecule has 0 heterocycles. The Kier molecular flexibility index (Phi) is 5.06. The normalized spacial score (nSPS) is 12.8. The van der Waals surface area contributed by atoms with E-state index in [2.05, 4.69) is 19.2 Å². The van der Waals surface area contributed by atoms with E-state index in [0.29, 0.717) is 5.92 Å². The monoisotopic (exact) mass is 229 g/mol. The molecule has 0 spiro atoms. The van der Waals surface area contributed by atoms with E-state index >= 15 is 0 Å². The first kappa shape index (κ1) is 12.5. The maximum Gasteiger partial charge on any atom is 0.141 e. The topological polar surface area (TPSA) is 12.0 Å². The van der Waals surface area contributed by atoms with Crippen molar-refractivity contribution in [3.05, 3.63) is 34.6 Å². The minimum atomic E-state index is -0.353. The van der Waals surface area contributed by atoms with Gasteiger partial charge in [-0.3, -0.25) is 0 Å². The van der Waals surface area contributed by atoms with Gasteiger partial charge in [0.05, 0.1) is 5.02 Å². The first-order valence-electron chi connectivity index (χ1n) is 5.30. The van der Waals surface area contributed by atoms with Crippen molar-refractivity contribution in [1.29, 1.82) is 0 Å². The molecule has 1 aromatic rings. The van der Waals surface area contributed by atoms with E-state index in [1.165, 1.54) is 6.07 Å². The van der Waals surface area contributed by atoms with Crippen LogP contribution in [0.4, 0.5) is 4.39 Å². The first-order valence-corrected chi connectivity index (χ1v) is 5.68. The highest BCUT2D eigenvalue weighted by molar-refractivity contribution is 6.30. The van der Waals surface area contributed by atoms with Crippen molar-refractivity contribution in [2.24, 2.45) is 0 Å². The quantitative estimate of drug-likeness (QED) is 0.761. The predicted octanol–water partition coefficient (Wildman–Crippen LogP) is 3.58. The van der Waals surface area contributed by atoms with Gasteiger partial charge in [0.15, 0.2) is 0 Å². The van der Waals surface area contributed by atoms with E-state index in [4.69, 9.17) is 11.6 Å². The molecule has 0 bridgehead atoms. The molecular formula is C12H17ClFN. The van der Waals surface area contributed by atoms with Crippen molar-refractivity contribution in [1.82, 2.24) is 5.32 Å². The van der Waals surface area contributed by atoms with Gasteiger partial charge in [-0.2, -0.15) is 0 Å². The second-order valence-corrected chi connectivity index (χ2v) is 4.19. The molecule has 0 aliphatic rings. The molecule has 1 N–H and O–H groups in total. The molecule has 15 heavy (non-hydrogen) atoms. The van der Waals surface area contributed by atoms with Gasteiger partial charge in [-0.1, -0.05) is 31.5 Å². The molecule has 0 amide bonds. The maximum atomic E-state index is 12.9. The van der Waals surface area contributed by atoms with Crippen LogP contribution in [-0.4, -0.2) is 13.1 Å². The average molecular weight is 230 g/mol. The fraction of sp³-hybridized carbons (Fsp3) is 0.500. The Morgan fingerprint density at radius 1 is 1.47 bits per heavy atom. The van der Waals surface area contributed by atoms with Gasteiger partial charge in [0.2, 0.25) is 0 Å². The molecule has 0 aliphatic heterocycles. The Balaban J connectivity index is 2.57. The van der Waals surface area contributed by atoms with Crippen LogP contribution in [0.5, 0.6) is 0 Å². The van der Waals surface area contributed by atoms with E-state index in [9.17, 15) is 4.39 Å². The summed E-state index contributed by atoms with van der Waals surface area (Å²) in [6.45, 7) is 6.15. The van der Waals surface area contributed by atoms with Crippen molar-refractivity contribution < 1.29 is 4.39 Å². The van der Waals surface area contributed by atoms with Gasteiger partial charge >= 0.3 is 0 Å². The number of hydrogen-bond donors (Lipinski definition) is 1. The Bertz CT molecular complexity index is 314. The van der Waals surface area contributed by atoms with Crippen LogP contribution in [-0.2, 0) is 0 Å². The summed E-state index contributed by atoms with van der Waals surface area (Å²) in [6, 6.07) is 4.92. The Labute approximate surface area is 95.6 Å². The summed E-state index contributed by atoms with van der Waals surface area (Å²) in [5.74, 6) is 0.00350. The molecular weight excluding hydrogens is 213 g/mol. The van der Waals surface area contributed by atoms with Gasteiger partial charge in [0.1, 0.15) is 5.82 Å². The van der Waals surface area contributed by atoms with E-state index in [-0.39, 0.29) is 10.8 Å². The lowest BCUT2D eigenvalue weighted by atomic mass is 10.0. The second kappa shape index (κ2) is 6.09. The van der Waals surface area contributed by atoms with E-state index < -0.39 is 0 Å². The van der Waals surface area contributed by atoms with Gasteiger partial charge in [-0.15, -0.1) is 0 Å². The Hall–Kier alpha value is -0.600. The minimum Gasteiger partial charge on any atom is -0.316 e. The van der Waals surface area contributed by atoms with Crippen LogP contribution in [0.3, 0.4) is 0 Å². The number of rotatable bonds is 5. The fourth-order valence-corrected chi connectivity index (χ4v) is 1.62. The molecule has 1 unspecified atom stereocenters. The molecule has 0 aromatic heterocycles. The molecule has 1 atom stereocenters. The molecule has 0 fully saturated rings. The van der Waals surface area contributed by atoms with Crippen LogP contribution in [0.15, 0.2) is 18.2 Å². The molecule has 1 rings (SSSR count). The zero-order chi connectivity index (χ0) is 11.3. The third-order valence-electron chi connectivity index (χ3n) is 2.39. The van der Waals surface area contributed by atoms with Gasteiger partial charge in [-0.05, 0) is 36.6 Å². The van der Waals surface area contributed by atoms with Crippen molar-refractivity contribution in [3.63, 3.8) is 0 Å². The summed E-state index contributed by atoms with van der Waals surface area (Å²) in [5.41, 5.74) is 1.07. The average Bonchev–Trinajstić information content (AvgIpc) is 2.22. The van der Waals surface area contributed by atoms with Crippen LogP contribution in [0, 0.1) is 5.82 Å². The SMILES string of the molecule is CCCNCC(C)c1ccc(F)c(Cl)c1. The zero-order valence-electron chi connectivity index (χ0n) is 9.19. The molecule has 0 aliphatic carbocycles. The summed E-state index contributed by atoms with van der Waals surface area (Å²) in [4.78, 5) is 0. The summed E-state index contributed by atoms with van der Waals surface area (Å²) < 4.78 is 12.9. The lowest BCUT2D eigenvalue weighted by Gasteiger charge is -2.13. The maximum absolute atomic E-state index is 12.9. The number of hydrogen-bond acceptors (Lipinski definition) is 1. The van der Waals surface area contributed by atoms with Gasteiger partial charge in [0, 0.05) is 6.54 Å². The minimum absolute atomic E-state index is 0.204. The highest BCUT2D eigenvalue weighted by Gasteiger charge is 2.07. The van der Waals surface area contributed by atoms with Crippen molar-refractivity contribution >= 4 is 11.6 Å². The van der Waals surface area contributed by atoms with Gasteiger partial charge in [0.25, 0.3) is 0 Å². The molecule has 0 saturated heterocycles. The number of nitrogens with one attached hydrogen (secondary N) is 1. The highest BCUT2D eigenvalue weighted by atomic mass is 35.5. The smallest absolute Gasteiger partial charge is 0.141 e. The van der Waals surface area contributed by atoms with Crippen LogP contribution < -0.4 is 5.32 Å². The lowest BCUT2D eigenvalue weighted by molar-refractivity contribution is 0.603. The fourth-order valence-electron chi connectivity index (χ4n) is 1.43. The molecule has 1 nitrogen and oxygen atoms in total. The summed E-state index contributed by atoms with van der Waals surface area (Å²) in [6.07, 6.45) is 1.12. The molecule has 3 heteroatoms. The van der Waals surface area contributed by atoms with Crippen LogP contribution in [0.1, 0.15) is 31.7 Å². The van der Waals surface area contributed by atoms with Crippen LogP contribution in [0.2, 0.25) is 5.02 Å². The lowest BCUT2D eigenvalue weighted by Crippen LogP contribution is -2.20. The van der Waals surface area contributed by atoms with Crippen molar-refractivity contribution in [3.8, 4) is 0 Å². The van der Waals surface area contributed by atoms with Crippen LogP contribution in [0.25, 0.3) is 0 Å². The van der Waals surface area contributed by atoms with E-state index in [1.54, 1.807) is 12.1 Å². The Morgan fingerprint density at radius 3 is 2.80 bits per heavy atom. The predicted molar refractivity (Wildman–Crippen MR) is 63.0 cm³/mol. The third-order valence-corrected chi connectivity index (χ3v) is 2.68. The molecule has 0 radical (unpaired) electrons. The summed E-state index contributed by atoms with van der Waals surface area (Å²) >= 11 is 5.72. The zero-order valence-corrected chi connectivity index (χ0v) is 9.94. The van der Waals surface area contributed by atoms with Crippen LogP contribution >= 0.6 is 11.6 Å². The van der Waals surface area contributed by atoms with Gasteiger partial charge < -0.3 is 5.32 Å². The van der Waals surface area contributed by atoms with Crippen molar-refractivity contribution in [2.75, 3.05) is 13.1 Å². The standard InChI is InChI=1S/C12H17ClFN/c1-3-6-15-8-9(2)10-4-5-12(14)11(13)7-10/h4-5,7,9,15H,3,6,8H2,1-2H3. The van der Waals surface area contributed by atoms with E-state index in [1.807, 2.05) is 0 Å². The number of halogens is 2. The molecule has 1 aromatic carbocycles. The Morgan fingerprint density at radius 2 is 2.20 bits per heavy atom. The summed E-state index contributed by atoms with van der Waals surface area (Å²) in [5, 5.41) is 3.53. The van der Waals surface area contributed by atoms with Crippen molar-refractivity contribution in [2.45, 2.75) is 26.2 Å². The third kappa shape index (κ3) is 3.80. The molecule has 84 valence electrons. The molecule has 0 saturated carbocycles. The largest absolute Gasteiger partial charge is 0.316 e. The first-order chi connectivity index (χ1) is 7.15. The second-order valence-electron chi connectivity index (χ2n) is 3.78. The van der Waals surface area contributed by atoms with Gasteiger partial charge in [-0.25, -0.2) is 4.39 Å². The number of benzene rings is 1. The summed E-state index contributed by atoms with van der Waals surface area (Å²) in [7, 11) is 0. The van der Waals surface area contributed by atoms with E-state index in [0.717, 1.165) is 25.1 Å².